The van der Waals surface area contributed by atoms with Crippen molar-refractivity contribution < 1.29 is 4.79 Å². The van der Waals surface area contributed by atoms with Crippen molar-refractivity contribution in [1.82, 2.24) is 10.7 Å². The molecule has 0 fully saturated rings. The fraction of sp³-hybridized carbons (Fsp3) is 0. The van der Waals surface area contributed by atoms with Gasteiger partial charge in [0.15, 0.2) is 5.11 Å². The molecule has 2 rings (SSSR count). The minimum absolute atomic E-state index is 0.220. The van der Waals surface area contributed by atoms with Gasteiger partial charge >= 0.3 is 0 Å². The molecule has 0 aliphatic carbocycles. The summed E-state index contributed by atoms with van der Waals surface area (Å²) in [5.41, 5.74) is 7.10. The van der Waals surface area contributed by atoms with Crippen LogP contribution in [0.25, 0.3) is 0 Å². The number of halogens is 1. The molecule has 2 aromatic rings. The quantitative estimate of drug-likeness (QED) is 0.424. The number of carbonyl (C=O) groups is 1. The Kier molecular flexibility index (Phi) is 5.31. The van der Waals surface area contributed by atoms with E-state index in [-0.39, 0.29) is 11.0 Å². The first-order valence-electron chi connectivity index (χ1n) is 5.83. The highest BCUT2D eigenvalue weighted by Gasteiger charge is 2.07. The van der Waals surface area contributed by atoms with E-state index in [1.54, 1.807) is 12.1 Å². The maximum absolute atomic E-state index is 11.9. The number of thiocarbonyl (C=S) groups is 1. The molecular formula is C14H12IN3OS. The van der Waals surface area contributed by atoms with Crippen molar-refractivity contribution in [1.29, 1.82) is 0 Å². The smallest absolute Gasteiger partial charge is 0.257 e. The Hall–Kier alpha value is -1.67. The monoisotopic (exact) mass is 397 g/mol. The Bertz CT molecular complexity index is 619. The Morgan fingerprint density at radius 2 is 1.80 bits per heavy atom. The van der Waals surface area contributed by atoms with Gasteiger partial charge in [-0.15, -0.1) is 0 Å². The molecule has 20 heavy (non-hydrogen) atoms. The lowest BCUT2D eigenvalue weighted by Gasteiger charge is -2.11. The van der Waals surface area contributed by atoms with E-state index in [9.17, 15) is 4.79 Å². The molecule has 0 radical (unpaired) electrons. The van der Waals surface area contributed by atoms with Crippen LogP contribution in [-0.2, 0) is 0 Å². The molecule has 0 aromatic heterocycles. The standard InChI is InChI=1S/C14H12IN3OS/c15-11-6-4-5-10(9-11)13(19)16-14(20)18-17-12-7-2-1-3-8-12/h1-9,17H,(H2,16,18,19,20). The Morgan fingerprint density at radius 3 is 2.50 bits per heavy atom. The molecule has 0 unspecified atom stereocenters. The predicted octanol–water partition coefficient (Wildman–Crippen LogP) is 2.92. The molecule has 102 valence electrons. The normalized spacial score (nSPS) is 9.65. The fourth-order valence-corrected chi connectivity index (χ4v) is 2.17. The van der Waals surface area contributed by atoms with Crippen molar-refractivity contribution in [2.24, 2.45) is 0 Å². The molecule has 0 aliphatic rings. The van der Waals surface area contributed by atoms with Gasteiger partial charge in [-0.2, -0.15) is 0 Å². The van der Waals surface area contributed by atoms with E-state index in [2.05, 4.69) is 38.8 Å². The average Bonchev–Trinajstić information content (AvgIpc) is 2.46. The van der Waals surface area contributed by atoms with E-state index in [4.69, 9.17) is 12.2 Å². The van der Waals surface area contributed by atoms with Crippen LogP contribution in [0, 0.1) is 3.57 Å². The molecule has 3 N–H and O–H groups in total. The number of rotatable bonds is 3. The van der Waals surface area contributed by atoms with Crippen LogP contribution in [0.5, 0.6) is 0 Å². The van der Waals surface area contributed by atoms with E-state index in [1.165, 1.54) is 0 Å². The van der Waals surface area contributed by atoms with Gasteiger partial charge in [0.1, 0.15) is 0 Å². The topological polar surface area (TPSA) is 53.2 Å². The van der Waals surface area contributed by atoms with E-state index in [0.717, 1.165) is 9.26 Å². The summed E-state index contributed by atoms with van der Waals surface area (Å²) in [6.45, 7) is 0. The Balaban J connectivity index is 1.87. The van der Waals surface area contributed by atoms with Gasteiger partial charge in [-0.3, -0.25) is 21.0 Å². The molecule has 0 saturated carbocycles. The second-order valence-electron chi connectivity index (χ2n) is 3.91. The highest BCUT2D eigenvalue weighted by atomic mass is 127. The molecule has 0 bridgehead atoms. The van der Waals surface area contributed by atoms with Gasteiger partial charge in [-0.1, -0.05) is 24.3 Å². The maximum Gasteiger partial charge on any atom is 0.257 e. The number of carbonyl (C=O) groups excluding carboxylic acids is 1. The van der Waals surface area contributed by atoms with Gasteiger partial charge < -0.3 is 0 Å². The minimum Gasteiger partial charge on any atom is -0.299 e. The second-order valence-corrected chi connectivity index (χ2v) is 5.56. The van der Waals surface area contributed by atoms with Gasteiger partial charge in [-0.25, -0.2) is 0 Å². The highest BCUT2D eigenvalue weighted by molar-refractivity contribution is 14.1. The first-order chi connectivity index (χ1) is 9.65. The number of anilines is 1. The van der Waals surface area contributed by atoms with Crippen LogP contribution in [-0.4, -0.2) is 11.0 Å². The van der Waals surface area contributed by atoms with Crippen molar-refractivity contribution in [2.75, 3.05) is 5.43 Å². The molecule has 0 atom stereocenters. The first-order valence-corrected chi connectivity index (χ1v) is 7.32. The molecule has 0 aliphatic heterocycles. The van der Waals surface area contributed by atoms with Crippen LogP contribution < -0.4 is 16.2 Å². The number of hydrogen-bond acceptors (Lipinski definition) is 3. The van der Waals surface area contributed by atoms with Crippen molar-refractivity contribution in [3.05, 3.63) is 63.7 Å². The molecule has 0 spiro atoms. The lowest BCUT2D eigenvalue weighted by atomic mass is 10.2. The second kappa shape index (κ2) is 7.20. The van der Waals surface area contributed by atoms with Gasteiger partial charge in [0.2, 0.25) is 0 Å². The molecule has 2 aromatic carbocycles. The summed E-state index contributed by atoms with van der Waals surface area (Å²) < 4.78 is 0.997. The zero-order valence-electron chi connectivity index (χ0n) is 10.4. The first kappa shape index (κ1) is 14.7. The number of para-hydroxylation sites is 1. The third-order valence-corrected chi connectivity index (χ3v) is 3.28. The number of hydrazine groups is 1. The highest BCUT2D eigenvalue weighted by Crippen LogP contribution is 2.07. The van der Waals surface area contributed by atoms with Crippen molar-refractivity contribution >= 4 is 51.5 Å². The summed E-state index contributed by atoms with van der Waals surface area (Å²) in [6.07, 6.45) is 0. The summed E-state index contributed by atoms with van der Waals surface area (Å²) in [6, 6.07) is 16.8. The Morgan fingerprint density at radius 1 is 1.05 bits per heavy atom. The van der Waals surface area contributed by atoms with Crippen LogP contribution in [0.1, 0.15) is 10.4 Å². The van der Waals surface area contributed by atoms with Gasteiger partial charge in [0.05, 0.1) is 5.69 Å². The molecule has 4 nitrogen and oxygen atoms in total. The van der Waals surface area contributed by atoms with Crippen LogP contribution in [0.15, 0.2) is 54.6 Å². The number of benzene rings is 2. The molecule has 1 amide bonds. The van der Waals surface area contributed by atoms with Crippen LogP contribution in [0.4, 0.5) is 5.69 Å². The van der Waals surface area contributed by atoms with E-state index in [0.29, 0.717) is 5.56 Å². The van der Waals surface area contributed by atoms with Gasteiger partial charge in [0.25, 0.3) is 5.91 Å². The van der Waals surface area contributed by atoms with Gasteiger partial charge in [0, 0.05) is 9.13 Å². The van der Waals surface area contributed by atoms with Crippen LogP contribution in [0.2, 0.25) is 0 Å². The zero-order chi connectivity index (χ0) is 14.4. The predicted molar refractivity (Wildman–Crippen MR) is 92.4 cm³/mol. The third kappa shape index (κ3) is 4.46. The van der Waals surface area contributed by atoms with Gasteiger partial charge in [-0.05, 0) is 65.1 Å². The largest absolute Gasteiger partial charge is 0.299 e. The van der Waals surface area contributed by atoms with Crippen LogP contribution in [0.3, 0.4) is 0 Å². The molecule has 6 heteroatoms. The van der Waals surface area contributed by atoms with E-state index < -0.39 is 0 Å². The minimum atomic E-state index is -0.240. The average molecular weight is 397 g/mol. The number of amides is 1. The summed E-state index contributed by atoms with van der Waals surface area (Å²) in [4.78, 5) is 11.9. The SMILES string of the molecule is O=C(NC(=S)NNc1ccccc1)c1cccc(I)c1. The van der Waals surface area contributed by atoms with E-state index in [1.807, 2.05) is 42.5 Å². The third-order valence-electron chi connectivity index (χ3n) is 2.41. The van der Waals surface area contributed by atoms with E-state index >= 15 is 0 Å². The zero-order valence-corrected chi connectivity index (χ0v) is 13.4. The summed E-state index contributed by atoms with van der Waals surface area (Å²) in [5, 5.41) is 2.83. The van der Waals surface area contributed by atoms with Crippen molar-refractivity contribution in [3.8, 4) is 0 Å². The van der Waals surface area contributed by atoms with Crippen molar-refractivity contribution in [2.45, 2.75) is 0 Å². The lowest BCUT2D eigenvalue weighted by molar-refractivity contribution is 0.0977. The fourth-order valence-electron chi connectivity index (χ4n) is 1.49. The summed E-state index contributed by atoms with van der Waals surface area (Å²) >= 11 is 7.21. The van der Waals surface area contributed by atoms with Crippen LogP contribution >= 0.6 is 34.8 Å². The lowest BCUT2D eigenvalue weighted by Crippen LogP contribution is -2.41. The number of nitrogens with one attached hydrogen (secondary N) is 3. The summed E-state index contributed by atoms with van der Waals surface area (Å²) in [5.74, 6) is -0.240. The van der Waals surface area contributed by atoms with Crippen molar-refractivity contribution in [3.63, 3.8) is 0 Å². The number of hydrogen-bond donors (Lipinski definition) is 3. The molecule has 0 saturated heterocycles. The maximum atomic E-state index is 11.9. The summed E-state index contributed by atoms with van der Waals surface area (Å²) in [7, 11) is 0. The molecule has 0 heterocycles. The Labute approximate surface area is 136 Å². The molecular weight excluding hydrogens is 385 g/mol.